The van der Waals surface area contributed by atoms with Crippen molar-refractivity contribution in [2.75, 3.05) is 0 Å². The van der Waals surface area contributed by atoms with Crippen molar-refractivity contribution in [2.24, 2.45) is 0 Å². The van der Waals surface area contributed by atoms with Gasteiger partial charge in [0.2, 0.25) is 0 Å². The zero-order valence-corrected chi connectivity index (χ0v) is 31.6. The Kier molecular flexibility index (Phi) is 55.0. The third-order valence-electron chi connectivity index (χ3n) is 6.91. The van der Waals surface area contributed by atoms with Crippen molar-refractivity contribution in [1.29, 1.82) is 0 Å². The molecule has 0 spiro atoms. The molecule has 0 radical (unpaired) electrons. The van der Waals surface area contributed by atoms with Crippen LogP contribution >= 0.6 is 0 Å². The van der Waals surface area contributed by atoms with Gasteiger partial charge >= 0.3 is 23.1 Å². The maximum atomic E-state index is 8.52. The van der Waals surface area contributed by atoms with E-state index in [2.05, 4.69) is 27.7 Å². The Labute approximate surface area is 285 Å². The molecule has 0 aromatic heterocycles. The number of hydrogen-bond donors (Lipinski definition) is 0. The van der Waals surface area contributed by atoms with Crippen molar-refractivity contribution in [1.82, 2.24) is 0 Å². The molecule has 0 fully saturated rings. The molecule has 8 nitrogen and oxygen atoms in total. The van der Waals surface area contributed by atoms with Gasteiger partial charge in [-0.15, -0.1) is 0 Å². The summed E-state index contributed by atoms with van der Waals surface area (Å²) in [4.78, 5) is 0. The molecule has 0 aromatic rings. The average Bonchev–Trinajstić information content (AvgIpc) is 2.88. The molecule has 0 aromatic carbocycles. The second kappa shape index (κ2) is 44.6. The van der Waals surface area contributed by atoms with E-state index in [0.717, 1.165) is 0 Å². The predicted octanol–water partition coefficient (Wildman–Crippen LogP) is 9.92. The summed E-state index contributed by atoms with van der Waals surface area (Å²) >= 11 is 0. The normalized spacial score (nSPS) is 10.8. The van der Waals surface area contributed by atoms with Gasteiger partial charge in [-0.05, 0) is 0 Å². The van der Waals surface area contributed by atoms with Crippen LogP contribution in [0.5, 0.6) is 0 Å². The van der Waals surface area contributed by atoms with E-state index in [1.807, 2.05) is 0 Å². The van der Waals surface area contributed by atoms with Gasteiger partial charge in [0.1, 0.15) is 0 Å². The van der Waals surface area contributed by atoms with Crippen molar-refractivity contribution in [3.05, 3.63) is 0 Å². The second-order valence-electron chi connectivity index (χ2n) is 11.3. The minimum Gasteiger partial charge on any atom is -0.759 e. The van der Waals surface area contributed by atoms with Crippen LogP contribution in [-0.2, 0) is 20.8 Å². The number of rotatable bonds is 26. The Hall–Kier alpha value is 0.506. The van der Waals surface area contributed by atoms with Gasteiger partial charge in [0.25, 0.3) is 0 Å². The Morgan fingerprint density at radius 2 is 0.349 bits per heavy atom. The summed E-state index contributed by atoms with van der Waals surface area (Å²) in [6, 6.07) is 0. The van der Waals surface area contributed by atoms with Gasteiger partial charge in [0.05, 0.1) is 0 Å². The summed E-state index contributed by atoms with van der Waals surface area (Å²) in [5, 5.41) is 0. The Morgan fingerprint density at radius 3 is 0.419 bits per heavy atom. The largest absolute Gasteiger partial charge is 2.00 e. The number of unbranched alkanes of at least 4 members (excludes halogenated alkanes) is 26. The molecule has 0 saturated heterocycles. The fraction of sp³-hybridized carbons (Fsp3) is 1.00. The van der Waals surface area contributed by atoms with Crippen LogP contribution in [0.4, 0.5) is 0 Å². The van der Waals surface area contributed by atoms with Crippen LogP contribution in [0.2, 0.25) is 0 Å². The Balaban J connectivity index is -0.000000167. The van der Waals surface area contributed by atoms with Crippen molar-refractivity contribution in [3.8, 4) is 0 Å². The van der Waals surface area contributed by atoms with Crippen LogP contribution in [-0.4, -0.2) is 58.1 Å². The molecule has 0 aliphatic carbocycles. The van der Waals surface area contributed by atoms with E-state index in [-0.39, 0.29) is 23.1 Å². The first kappa shape index (κ1) is 53.0. The molecule has 0 aliphatic rings. The standard InChI is InChI=1S/2C16H34.Mg.2H2O4S/c2*1-3-5-7-9-11-13-15-16-14-12-10-8-6-4-2;;2*1-5(2,3)4/h2*3-16H2,1-2H3;;2*(H2,1,2,3,4)/q;;+2;;/p-4. The Bertz CT molecular complexity index is 573. The zero-order chi connectivity index (χ0) is 32.8. The molecule has 11 heteroatoms. The van der Waals surface area contributed by atoms with Gasteiger partial charge < -0.3 is 18.2 Å². The predicted molar refractivity (Wildman–Crippen MR) is 179 cm³/mol. The molecule has 0 atom stereocenters. The van der Waals surface area contributed by atoms with E-state index in [0.29, 0.717) is 0 Å². The number of hydrogen-bond acceptors (Lipinski definition) is 8. The second-order valence-corrected chi connectivity index (χ2v) is 12.9. The fourth-order valence-corrected chi connectivity index (χ4v) is 4.54. The van der Waals surface area contributed by atoms with Crippen molar-refractivity contribution >= 4 is 43.9 Å². The average molecular weight is 669 g/mol. The summed E-state index contributed by atoms with van der Waals surface area (Å²) in [6.07, 6.45) is 40.8. The minimum atomic E-state index is -5.17. The van der Waals surface area contributed by atoms with Crippen LogP contribution in [0, 0.1) is 0 Å². The topological polar surface area (TPSA) is 161 Å². The maximum absolute atomic E-state index is 8.52. The van der Waals surface area contributed by atoms with E-state index in [1.165, 1.54) is 180 Å². The SMILES string of the molecule is CCCCCCCCCCCCCCCC.CCCCCCCCCCCCCCCC.O=S(=O)([O-])[O-].O=S(=O)([O-])[O-].[Mg+2]. The molecule has 0 rings (SSSR count). The maximum Gasteiger partial charge on any atom is 2.00 e. The molecule has 0 saturated carbocycles. The van der Waals surface area contributed by atoms with Crippen molar-refractivity contribution in [2.45, 2.75) is 207 Å². The molecule has 260 valence electrons. The van der Waals surface area contributed by atoms with E-state index in [9.17, 15) is 0 Å². The summed E-state index contributed by atoms with van der Waals surface area (Å²) in [6.45, 7) is 9.16. The fourth-order valence-electron chi connectivity index (χ4n) is 4.54. The van der Waals surface area contributed by atoms with Gasteiger partial charge in [-0.1, -0.05) is 207 Å². The van der Waals surface area contributed by atoms with Crippen LogP contribution in [0.1, 0.15) is 207 Å². The molecule has 0 N–H and O–H groups in total. The van der Waals surface area contributed by atoms with E-state index in [1.54, 1.807) is 0 Å². The van der Waals surface area contributed by atoms with E-state index in [4.69, 9.17) is 35.0 Å². The van der Waals surface area contributed by atoms with Crippen LogP contribution < -0.4 is 0 Å². The Morgan fingerprint density at radius 1 is 0.279 bits per heavy atom. The molecule has 0 unspecified atom stereocenters. The first-order chi connectivity index (χ1) is 19.8. The molecular formula is C32H68MgO8S2-2. The van der Waals surface area contributed by atoms with Gasteiger partial charge in [0.15, 0.2) is 0 Å². The molecule has 43 heavy (non-hydrogen) atoms. The van der Waals surface area contributed by atoms with Crippen molar-refractivity contribution < 1.29 is 35.0 Å². The third-order valence-corrected chi connectivity index (χ3v) is 6.91. The van der Waals surface area contributed by atoms with Crippen LogP contribution in [0.25, 0.3) is 0 Å². The van der Waals surface area contributed by atoms with Gasteiger partial charge in [0, 0.05) is 20.8 Å². The minimum absolute atomic E-state index is 0. The van der Waals surface area contributed by atoms with E-state index < -0.39 is 20.8 Å². The van der Waals surface area contributed by atoms with Crippen molar-refractivity contribution in [3.63, 3.8) is 0 Å². The summed E-state index contributed by atoms with van der Waals surface area (Å²) in [7, 11) is -10.3. The third kappa shape index (κ3) is 99.3. The monoisotopic (exact) mass is 668 g/mol. The molecule has 0 aliphatic heterocycles. The summed E-state index contributed by atoms with van der Waals surface area (Å²) < 4.78 is 68.2. The van der Waals surface area contributed by atoms with E-state index >= 15 is 0 Å². The van der Waals surface area contributed by atoms with Gasteiger partial charge in [-0.25, -0.2) is 0 Å². The zero-order valence-electron chi connectivity index (χ0n) is 28.6. The molecule has 0 amide bonds. The van der Waals surface area contributed by atoms with Gasteiger partial charge in [-0.2, -0.15) is 0 Å². The summed E-state index contributed by atoms with van der Waals surface area (Å²) in [5.41, 5.74) is 0. The smallest absolute Gasteiger partial charge is 0.759 e. The molecular weight excluding hydrogens is 601 g/mol. The van der Waals surface area contributed by atoms with Gasteiger partial charge in [-0.3, -0.25) is 16.8 Å². The quantitative estimate of drug-likeness (QED) is 0.0381. The molecule has 0 heterocycles. The molecule has 0 bridgehead atoms. The summed E-state index contributed by atoms with van der Waals surface area (Å²) in [5.74, 6) is 0. The van der Waals surface area contributed by atoms with Crippen LogP contribution in [0.15, 0.2) is 0 Å². The first-order valence-corrected chi connectivity index (χ1v) is 19.8. The first-order valence-electron chi connectivity index (χ1n) is 17.2. The van der Waals surface area contributed by atoms with Crippen LogP contribution in [0.3, 0.4) is 0 Å².